The predicted octanol–water partition coefficient (Wildman–Crippen LogP) is 2.61. The molecule has 2 N–H and O–H groups in total. The third kappa shape index (κ3) is 2.75. The van der Waals surface area contributed by atoms with E-state index in [-0.39, 0.29) is 5.75 Å². The summed E-state index contributed by atoms with van der Waals surface area (Å²) in [7, 11) is 0. The van der Waals surface area contributed by atoms with Gasteiger partial charge in [-0.05, 0) is 43.9 Å². The summed E-state index contributed by atoms with van der Waals surface area (Å²) in [5.41, 5.74) is 0.949. The topological polar surface area (TPSA) is 57.5 Å². The van der Waals surface area contributed by atoms with Gasteiger partial charge in [-0.1, -0.05) is 19.1 Å². The first kappa shape index (κ1) is 12.6. The predicted molar refractivity (Wildman–Crippen MR) is 62.6 cm³/mol. The van der Waals surface area contributed by atoms with Gasteiger partial charge < -0.3 is 10.2 Å². The minimum atomic E-state index is -0.857. The molecule has 0 aliphatic rings. The largest absolute Gasteiger partial charge is 0.508 e. The molecule has 0 aliphatic heterocycles. The second-order valence-corrected chi connectivity index (χ2v) is 4.68. The highest BCUT2D eigenvalue weighted by molar-refractivity contribution is 5.74. The zero-order chi connectivity index (χ0) is 12.3. The maximum atomic E-state index is 11.0. The number of aryl methyl sites for hydroxylation is 1. The molecule has 0 aromatic heterocycles. The molecule has 3 nitrogen and oxygen atoms in total. The minimum Gasteiger partial charge on any atom is -0.508 e. The van der Waals surface area contributed by atoms with E-state index in [0.717, 1.165) is 12.0 Å². The van der Waals surface area contributed by atoms with Crippen LogP contribution in [0.25, 0.3) is 0 Å². The molecular weight excluding hydrogens is 204 g/mol. The Morgan fingerprint density at radius 3 is 2.50 bits per heavy atom. The van der Waals surface area contributed by atoms with Crippen LogP contribution in [0.2, 0.25) is 0 Å². The lowest BCUT2D eigenvalue weighted by atomic mass is 9.85. The summed E-state index contributed by atoms with van der Waals surface area (Å²) in [6.45, 7) is 5.35. The molecule has 1 rings (SSSR count). The number of carbonyl (C=O) groups is 1. The summed E-state index contributed by atoms with van der Waals surface area (Å²) in [6.07, 6.45) is 1.21. The third-order valence-electron chi connectivity index (χ3n) is 2.76. The Bertz CT molecular complexity index is 394. The van der Waals surface area contributed by atoms with Crippen molar-refractivity contribution in [2.24, 2.45) is 5.41 Å². The minimum absolute atomic E-state index is 0.173. The second-order valence-electron chi connectivity index (χ2n) is 4.68. The van der Waals surface area contributed by atoms with Crippen molar-refractivity contribution >= 4 is 5.97 Å². The van der Waals surface area contributed by atoms with Gasteiger partial charge in [0.25, 0.3) is 0 Å². The van der Waals surface area contributed by atoms with Gasteiger partial charge in [0.2, 0.25) is 0 Å². The van der Waals surface area contributed by atoms with Gasteiger partial charge >= 0.3 is 5.97 Å². The summed E-state index contributed by atoms with van der Waals surface area (Å²) < 4.78 is 0. The highest BCUT2D eigenvalue weighted by atomic mass is 16.4. The van der Waals surface area contributed by atoms with Gasteiger partial charge in [-0.2, -0.15) is 0 Å². The Balaban J connectivity index is 3.00. The van der Waals surface area contributed by atoms with E-state index in [4.69, 9.17) is 5.11 Å². The van der Waals surface area contributed by atoms with Gasteiger partial charge in [0, 0.05) is 0 Å². The Morgan fingerprint density at radius 2 is 2.00 bits per heavy atom. The molecule has 1 aromatic carbocycles. The molecule has 0 unspecified atom stereocenters. The van der Waals surface area contributed by atoms with Crippen LogP contribution in [-0.2, 0) is 17.6 Å². The molecule has 0 amide bonds. The fourth-order valence-electron chi connectivity index (χ4n) is 1.55. The monoisotopic (exact) mass is 222 g/mol. The third-order valence-corrected chi connectivity index (χ3v) is 2.76. The molecule has 0 saturated heterocycles. The maximum absolute atomic E-state index is 11.0. The van der Waals surface area contributed by atoms with Crippen molar-refractivity contribution in [1.82, 2.24) is 0 Å². The normalized spacial score (nSPS) is 11.4. The van der Waals surface area contributed by atoms with Crippen LogP contribution < -0.4 is 0 Å². The molecule has 0 atom stereocenters. The van der Waals surface area contributed by atoms with E-state index in [1.54, 1.807) is 19.9 Å². The SMILES string of the molecule is CCc1ccc(O)c(CC(C)(C)C(=O)O)c1. The lowest BCUT2D eigenvalue weighted by molar-refractivity contribution is -0.146. The maximum Gasteiger partial charge on any atom is 0.309 e. The summed E-state index contributed by atoms with van der Waals surface area (Å²) in [6, 6.07) is 5.36. The van der Waals surface area contributed by atoms with Crippen molar-refractivity contribution in [3.05, 3.63) is 29.3 Å². The Kier molecular flexibility index (Phi) is 3.58. The van der Waals surface area contributed by atoms with Crippen molar-refractivity contribution in [1.29, 1.82) is 0 Å². The quantitative estimate of drug-likeness (QED) is 0.823. The molecule has 0 aliphatic carbocycles. The number of hydrogen-bond donors (Lipinski definition) is 2. The van der Waals surface area contributed by atoms with Gasteiger partial charge in [0.1, 0.15) is 5.75 Å². The average Bonchev–Trinajstić information content (AvgIpc) is 2.21. The number of carboxylic acid groups (broad SMARTS) is 1. The molecule has 0 bridgehead atoms. The van der Waals surface area contributed by atoms with E-state index in [1.165, 1.54) is 0 Å². The molecule has 0 fully saturated rings. The number of phenols is 1. The van der Waals surface area contributed by atoms with Gasteiger partial charge in [0.15, 0.2) is 0 Å². The highest BCUT2D eigenvalue weighted by Gasteiger charge is 2.28. The lowest BCUT2D eigenvalue weighted by Gasteiger charge is -2.20. The van der Waals surface area contributed by atoms with Crippen LogP contribution in [0.3, 0.4) is 0 Å². The van der Waals surface area contributed by atoms with Crippen LogP contribution in [0.5, 0.6) is 5.75 Å². The number of aromatic hydroxyl groups is 1. The zero-order valence-electron chi connectivity index (χ0n) is 9.95. The summed E-state index contributed by atoms with van der Waals surface area (Å²) in [5, 5.41) is 18.7. The van der Waals surface area contributed by atoms with E-state index in [2.05, 4.69) is 0 Å². The number of rotatable bonds is 4. The van der Waals surface area contributed by atoms with E-state index < -0.39 is 11.4 Å². The highest BCUT2D eigenvalue weighted by Crippen LogP contribution is 2.28. The van der Waals surface area contributed by atoms with Crippen LogP contribution in [0.15, 0.2) is 18.2 Å². The van der Waals surface area contributed by atoms with Crippen molar-refractivity contribution in [2.45, 2.75) is 33.6 Å². The molecule has 0 heterocycles. The van der Waals surface area contributed by atoms with Crippen molar-refractivity contribution in [3.63, 3.8) is 0 Å². The Labute approximate surface area is 95.7 Å². The van der Waals surface area contributed by atoms with Crippen LogP contribution >= 0.6 is 0 Å². The zero-order valence-corrected chi connectivity index (χ0v) is 9.95. The van der Waals surface area contributed by atoms with Crippen LogP contribution in [0.1, 0.15) is 31.9 Å². The fraction of sp³-hybridized carbons (Fsp3) is 0.462. The van der Waals surface area contributed by atoms with E-state index in [0.29, 0.717) is 12.0 Å². The molecule has 1 aromatic rings. The Morgan fingerprint density at radius 1 is 1.38 bits per heavy atom. The van der Waals surface area contributed by atoms with Gasteiger partial charge in [0.05, 0.1) is 5.41 Å². The second kappa shape index (κ2) is 4.56. The molecule has 16 heavy (non-hydrogen) atoms. The molecule has 0 spiro atoms. The first-order valence-corrected chi connectivity index (χ1v) is 5.41. The van der Waals surface area contributed by atoms with E-state index in [9.17, 15) is 9.90 Å². The number of benzene rings is 1. The molecule has 88 valence electrons. The van der Waals surface area contributed by atoms with Crippen molar-refractivity contribution in [2.75, 3.05) is 0 Å². The van der Waals surface area contributed by atoms with Gasteiger partial charge in [-0.15, -0.1) is 0 Å². The smallest absolute Gasteiger partial charge is 0.309 e. The summed E-state index contributed by atoms with van der Waals surface area (Å²) >= 11 is 0. The number of phenolic OH excluding ortho intramolecular Hbond substituents is 1. The van der Waals surface area contributed by atoms with Crippen LogP contribution in [-0.4, -0.2) is 16.2 Å². The molecule has 0 saturated carbocycles. The number of carboxylic acids is 1. The molecule has 3 heteroatoms. The van der Waals surface area contributed by atoms with E-state index in [1.807, 2.05) is 19.1 Å². The number of aliphatic carboxylic acids is 1. The van der Waals surface area contributed by atoms with Crippen molar-refractivity contribution in [3.8, 4) is 5.75 Å². The average molecular weight is 222 g/mol. The first-order chi connectivity index (χ1) is 7.36. The standard InChI is InChI=1S/C13H18O3/c1-4-9-5-6-11(14)10(7-9)8-13(2,3)12(15)16/h5-7,14H,4,8H2,1-3H3,(H,15,16). The molecular formula is C13H18O3. The number of hydrogen-bond acceptors (Lipinski definition) is 2. The van der Waals surface area contributed by atoms with Crippen molar-refractivity contribution < 1.29 is 15.0 Å². The fourth-order valence-corrected chi connectivity index (χ4v) is 1.55. The molecule has 0 radical (unpaired) electrons. The summed E-state index contributed by atoms with van der Waals surface area (Å²) in [5.74, 6) is -0.680. The first-order valence-electron chi connectivity index (χ1n) is 5.41. The lowest BCUT2D eigenvalue weighted by Crippen LogP contribution is -2.26. The van der Waals surface area contributed by atoms with Crippen LogP contribution in [0, 0.1) is 5.41 Å². The summed E-state index contributed by atoms with van der Waals surface area (Å²) in [4.78, 5) is 11.0. The van der Waals surface area contributed by atoms with Gasteiger partial charge in [-0.3, -0.25) is 4.79 Å². The van der Waals surface area contributed by atoms with E-state index >= 15 is 0 Å². The Hall–Kier alpha value is -1.51. The van der Waals surface area contributed by atoms with Gasteiger partial charge in [-0.25, -0.2) is 0 Å². The van der Waals surface area contributed by atoms with Crippen LogP contribution in [0.4, 0.5) is 0 Å².